The molecule has 2 amide bonds. The molecule has 4 rings (SSSR count). The van der Waals surface area contributed by atoms with Gasteiger partial charge in [0, 0.05) is 18.7 Å². The molecule has 5 nitrogen and oxygen atoms in total. The van der Waals surface area contributed by atoms with Crippen LogP contribution in [-0.2, 0) is 17.8 Å². The first-order chi connectivity index (χ1) is 13.5. The maximum Gasteiger partial charge on any atom is 0.290 e. The van der Waals surface area contributed by atoms with Crippen LogP contribution in [0.1, 0.15) is 27.2 Å². The fourth-order valence-corrected chi connectivity index (χ4v) is 3.41. The summed E-state index contributed by atoms with van der Waals surface area (Å²) in [5.41, 5.74) is 2.87. The number of furan rings is 1. The summed E-state index contributed by atoms with van der Waals surface area (Å²) in [4.78, 5) is 27.4. The van der Waals surface area contributed by atoms with Crippen LogP contribution in [0.15, 0.2) is 65.3 Å². The number of halogens is 1. The summed E-state index contributed by atoms with van der Waals surface area (Å²) in [5.74, 6) is -0.929. The Hall–Kier alpha value is -3.41. The molecule has 0 saturated carbocycles. The first-order valence-electron chi connectivity index (χ1n) is 9.01. The topological polar surface area (TPSA) is 62.6 Å². The molecule has 2 heterocycles. The highest BCUT2D eigenvalue weighted by Gasteiger charge is 2.36. The van der Waals surface area contributed by atoms with Gasteiger partial charge in [-0.15, -0.1) is 0 Å². The van der Waals surface area contributed by atoms with Crippen molar-refractivity contribution in [2.45, 2.75) is 25.9 Å². The van der Waals surface area contributed by atoms with Gasteiger partial charge in [0.25, 0.3) is 5.91 Å². The molecular weight excluding hydrogens is 359 g/mol. The average Bonchev–Trinajstić information content (AvgIpc) is 3.24. The molecular formula is C22H19FN2O3. The first-order valence-corrected chi connectivity index (χ1v) is 9.01. The number of rotatable bonds is 3. The van der Waals surface area contributed by atoms with E-state index in [0.717, 1.165) is 11.1 Å². The normalized spacial score (nSPS) is 15.8. The third-order valence-electron chi connectivity index (χ3n) is 4.98. The minimum absolute atomic E-state index is 0.179. The third-order valence-corrected chi connectivity index (χ3v) is 4.98. The van der Waals surface area contributed by atoms with Crippen molar-refractivity contribution < 1.29 is 18.4 Å². The van der Waals surface area contributed by atoms with Crippen molar-refractivity contribution in [3.8, 4) is 0 Å². The van der Waals surface area contributed by atoms with Crippen molar-refractivity contribution in [1.82, 2.24) is 4.90 Å². The van der Waals surface area contributed by atoms with Crippen LogP contribution in [0.4, 0.5) is 10.1 Å². The molecule has 2 aromatic carbocycles. The van der Waals surface area contributed by atoms with Crippen LogP contribution >= 0.6 is 0 Å². The molecule has 1 aliphatic heterocycles. The summed E-state index contributed by atoms with van der Waals surface area (Å²) in [7, 11) is 0. The summed E-state index contributed by atoms with van der Waals surface area (Å²) in [5, 5.41) is 2.74. The summed E-state index contributed by atoms with van der Waals surface area (Å²) >= 11 is 0. The average molecular weight is 378 g/mol. The molecule has 3 aromatic rings. The zero-order valence-electron chi connectivity index (χ0n) is 15.3. The van der Waals surface area contributed by atoms with Crippen LogP contribution in [0, 0.1) is 12.7 Å². The Kier molecular flexibility index (Phi) is 4.69. The number of aryl methyl sites for hydroxylation is 1. The SMILES string of the molecule is Cc1ccc(NC(=O)C2Cc3ccccc3CN2C(=O)c2ccco2)cc1F. The summed E-state index contributed by atoms with van der Waals surface area (Å²) in [6, 6.07) is 14.7. The van der Waals surface area contributed by atoms with E-state index in [9.17, 15) is 14.0 Å². The number of carbonyl (C=O) groups is 2. The van der Waals surface area contributed by atoms with Gasteiger partial charge in [0.2, 0.25) is 5.91 Å². The quantitative estimate of drug-likeness (QED) is 0.751. The zero-order chi connectivity index (χ0) is 19.7. The Balaban J connectivity index is 1.64. The van der Waals surface area contributed by atoms with Crippen LogP contribution in [0.2, 0.25) is 0 Å². The number of nitrogens with one attached hydrogen (secondary N) is 1. The number of anilines is 1. The lowest BCUT2D eigenvalue weighted by Crippen LogP contribution is -2.50. The zero-order valence-corrected chi connectivity index (χ0v) is 15.3. The standard InChI is InChI=1S/C22H19FN2O3/c1-14-8-9-17(12-18(14)23)24-21(26)19-11-15-5-2-3-6-16(15)13-25(19)22(27)20-7-4-10-28-20/h2-10,12,19H,11,13H2,1H3,(H,24,26). The summed E-state index contributed by atoms with van der Waals surface area (Å²) < 4.78 is 19.1. The second-order valence-electron chi connectivity index (χ2n) is 6.85. The van der Waals surface area contributed by atoms with E-state index in [1.807, 2.05) is 24.3 Å². The van der Waals surface area contributed by atoms with Crippen molar-refractivity contribution in [2.75, 3.05) is 5.32 Å². The molecule has 0 aliphatic carbocycles. The first kappa shape index (κ1) is 18.0. The van der Waals surface area contributed by atoms with Gasteiger partial charge in [-0.2, -0.15) is 0 Å². The van der Waals surface area contributed by atoms with E-state index in [0.29, 0.717) is 24.2 Å². The van der Waals surface area contributed by atoms with Crippen molar-refractivity contribution in [3.05, 3.63) is 89.1 Å². The molecule has 0 radical (unpaired) electrons. The number of fused-ring (bicyclic) bond motifs is 1. The Labute approximate surface area is 161 Å². The van der Waals surface area contributed by atoms with Crippen LogP contribution in [-0.4, -0.2) is 22.8 Å². The predicted molar refractivity (Wildman–Crippen MR) is 102 cm³/mol. The van der Waals surface area contributed by atoms with Crippen molar-refractivity contribution in [3.63, 3.8) is 0 Å². The summed E-state index contributed by atoms with van der Waals surface area (Å²) in [6.07, 6.45) is 1.80. The van der Waals surface area contributed by atoms with Crippen molar-refractivity contribution >= 4 is 17.5 Å². The van der Waals surface area contributed by atoms with Gasteiger partial charge >= 0.3 is 0 Å². The molecule has 0 spiro atoms. The summed E-state index contributed by atoms with van der Waals surface area (Å²) in [6.45, 7) is 1.96. The van der Waals surface area contributed by atoms with Crippen LogP contribution in [0.5, 0.6) is 0 Å². The number of amides is 2. The van der Waals surface area contributed by atoms with Gasteiger partial charge in [-0.05, 0) is 47.9 Å². The number of hydrogen-bond acceptors (Lipinski definition) is 3. The maximum absolute atomic E-state index is 13.8. The van der Waals surface area contributed by atoms with Crippen molar-refractivity contribution in [1.29, 1.82) is 0 Å². The van der Waals surface area contributed by atoms with Crippen LogP contribution in [0.3, 0.4) is 0 Å². The van der Waals surface area contributed by atoms with Crippen molar-refractivity contribution in [2.24, 2.45) is 0 Å². The molecule has 0 saturated heterocycles. The Morgan fingerprint density at radius 2 is 1.89 bits per heavy atom. The molecule has 1 atom stereocenters. The van der Waals surface area contributed by atoms with E-state index in [4.69, 9.17) is 4.42 Å². The molecule has 1 N–H and O–H groups in total. The fourth-order valence-electron chi connectivity index (χ4n) is 3.41. The van der Waals surface area contributed by atoms with E-state index >= 15 is 0 Å². The molecule has 0 bridgehead atoms. The van der Waals surface area contributed by atoms with Gasteiger partial charge in [-0.25, -0.2) is 4.39 Å². The Bertz CT molecular complexity index is 1030. The molecule has 142 valence electrons. The third kappa shape index (κ3) is 3.41. The highest BCUT2D eigenvalue weighted by Crippen LogP contribution is 2.26. The highest BCUT2D eigenvalue weighted by atomic mass is 19.1. The monoisotopic (exact) mass is 378 g/mol. The molecule has 28 heavy (non-hydrogen) atoms. The van der Waals surface area contributed by atoms with E-state index in [2.05, 4.69) is 5.32 Å². The minimum atomic E-state index is -0.725. The van der Waals surface area contributed by atoms with E-state index in [1.165, 1.54) is 17.2 Å². The van der Waals surface area contributed by atoms with Gasteiger partial charge in [-0.3, -0.25) is 9.59 Å². The second kappa shape index (κ2) is 7.31. The molecule has 1 aliphatic rings. The van der Waals surface area contributed by atoms with Gasteiger partial charge in [0.05, 0.1) is 6.26 Å². The van der Waals surface area contributed by atoms with Gasteiger partial charge in [-0.1, -0.05) is 30.3 Å². The maximum atomic E-state index is 13.8. The lowest BCUT2D eigenvalue weighted by molar-refractivity contribution is -0.121. The number of hydrogen-bond donors (Lipinski definition) is 1. The number of nitrogens with zero attached hydrogens (tertiary/aromatic N) is 1. The number of carbonyl (C=O) groups excluding carboxylic acids is 2. The Morgan fingerprint density at radius 3 is 2.61 bits per heavy atom. The molecule has 0 fully saturated rings. The van der Waals surface area contributed by atoms with Gasteiger partial charge in [0.1, 0.15) is 11.9 Å². The van der Waals surface area contributed by atoms with Gasteiger partial charge < -0.3 is 14.6 Å². The van der Waals surface area contributed by atoms with E-state index in [1.54, 1.807) is 31.2 Å². The molecule has 1 unspecified atom stereocenters. The van der Waals surface area contributed by atoms with Crippen LogP contribution < -0.4 is 5.32 Å². The smallest absolute Gasteiger partial charge is 0.290 e. The number of benzene rings is 2. The van der Waals surface area contributed by atoms with Gasteiger partial charge in [0.15, 0.2) is 5.76 Å². The van der Waals surface area contributed by atoms with Crippen LogP contribution in [0.25, 0.3) is 0 Å². The predicted octanol–water partition coefficient (Wildman–Crippen LogP) is 3.93. The fraction of sp³-hybridized carbons (Fsp3) is 0.182. The Morgan fingerprint density at radius 1 is 1.11 bits per heavy atom. The van der Waals surface area contributed by atoms with E-state index < -0.39 is 11.9 Å². The van der Waals surface area contributed by atoms with E-state index in [-0.39, 0.29) is 17.6 Å². The largest absolute Gasteiger partial charge is 0.459 e. The lowest BCUT2D eigenvalue weighted by Gasteiger charge is -2.35. The minimum Gasteiger partial charge on any atom is -0.459 e. The lowest BCUT2D eigenvalue weighted by atomic mass is 9.93. The highest BCUT2D eigenvalue weighted by molar-refractivity contribution is 6.00. The molecule has 6 heteroatoms. The molecule has 1 aromatic heterocycles. The second-order valence-corrected chi connectivity index (χ2v) is 6.85.